The molecular weight excluding hydrogens is 226 g/mol. The summed E-state index contributed by atoms with van der Waals surface area (Å²) in [5.74, 6) is 0. The number of aromatic amines is 1. The SMILES string of the molecule is CC(NC1CCCc2c1cnn2C)c1cn[nH]c1. The largest absolute Gasteiger partial charge is 0.303 e. The maximum atomic E-state index is 4.38. The van der Waals surface area contributed by atoms with E-state index in [1.807, 2.05) is 30.3 Å². The van der Waals surface area contributed by atoms with E-state index in [9.17, 15) is 0 Å². The molecule has 0 radical (unpaired) electrons. The molecule has 0 bridgehead atoms. The molecular formula is C13H19N5. The molecule has 2 atom stereocenters. The van der Waals surface area contributed by atoms with Gasteiger partial charge >= 0.3 is 0 Å². The maximum Gasteiger partial charge on any atom is 0.0540 e. The number of aryl methyl sites for hydroxylation is 1. The van der Waals surface area contributed by atoms with Gasteiger partial charge in [-0.2, -0.15) is 10.2 Å². The molecule has 3 rings (SSSR count). The van der Waals surface area contributed by atoms with Crippen molar-refractivity contribution in [1.82, 2.24) is 25.3 Å². The summed E-state index contributed by atoms with van der Waals surface area (Å²) in [7, 11) is 2.03. The van der Waals surface area contributed by atoms with Crippen LogP contribution in [-0.4, -0.2) is 20.0 Å². The van der Waals surface area contributed by atoms with E-state index < -0.39 is 0 Å². The second-order valence-corrected chi connectivity index (χ2v) is 5.04. The molecule has 2 aromatic rings. The Morgan fingerprint density at radius 3 is 3.17 bits per heavy atom. The van der Waals surface area contributed by atoms with Gasteiger partial charge in [0.15, 0.2) is 0 Å². The van der Waals surface area contributed by atoms with Crippen LogP contribution in [0.5, 0.6) is 0 Å². The normalized spacial score (nSPS) is 20.7. The van der Waals surface area contributed by atoms with E-state index in [0.717, 1.165) is 6.42 Å². The van der Waals surface area contributed by atoms with Crippen molar-refractivity contribution < 1.29 is 0 Å². The zero-order valence-electron chi connectivity index (χ0n) is 10.8. The van der Waals surface area contributed by atoms with E-state index in [1.54, 1.807) is 0 Å². The maximum absolute atomic E-state index is 4.38. The number of rotatable bonds is 3. The lowest BCUT2D eigenvalue weighted by molar-refractivity contribution is 0.411. The van der Waals surface area contributed by atoms with Crippen molar-refractivity contribution in [2.75, 3.05) is 0 Å². The molecule has 0 saturated carbocycles. The van der Waals surface area contributed by atoms with E-state index in [0.29, 0.717) is 12.1 Å². The highest BCUT2D eigenvalue weighted by molar-refractivity contribution is 5.25. The summed E-state index contributed by atoms with van der Waals surface area (Å²) in [6.45, 7) is 2.18. The lowest BCUT2D eigenvalue weighted by Gasteiger charge is -2.26. The summed E-state index contributed by atoms with van der Waals surface area (Å²) in [4.78, 5) is 0. The number of nitrogens with zero attached hydrogens (tertiary/aromatic N) is 3. The molecule has 5 nitrogen and oxygen atoms in total. The molecule has 0 aliphatic heterocycles. The van der Waals surface area contributed by atoms with Crippen molar-refractivity contribution in [3.05, 3.63) is 35.4 Å². The highest BCUT2D eigenvalue weighted by Crippen LogP contribution is 2.31. The molecule has 18 heavy (non-hydrogen) atoms. The van der Waals surface area contributed by atoms with E-state index in [1.165, 1.54) is 29.7 Å². The number of hydrogen-bond acceptors (Lipinski definition) is 3. The van der Waals surface area contributed by atoms with Crippen LogP contribution in [0.2, 0.25) is 0 Å². The first-order chi connectivity index (χ1) is 8.75. The van der Waals surface area contributed by atoms with Gasteiger partial charge in [0.1, 0.15) is 0 Å². The Hall–Kier alpha value is -1.62. The summed E-state index contributed by atoms with van der Waals surface area (Å²) >= 11 is 0. The van der Waals surface area contributed by atoms with Crippen molar-refractivity contribution >= 4 is 0 Å². The van der Waals surface area contributed by atoms with Crippen LogP contribution >= 0.6 is 0 Å². The Balaban J connectivity index is 1.78. The molecule has 0 fully saturated rings. The van der Waals surface area contributed by atoms with E-state index in [4.69, 9.17) is 0 Å². The minimum absolute atomic E-state index is 0.305. The molecule has 2 heterocycles. The average molecular weight is 245 g/mol. The molecule has 5 heteroatoms. The smallest absolute Gasteiger partial charge is 0.0540 e. The molecule has 1 aliphatic carbocycles. The highest BCUT2D eigenvalue weighted by atomic mass is 15.3. The molecule has 96 valence electrons. The third-order valence-corrected chi connectivity index (χ3v) is 3.85. The van der Waals surface area contributed by atoms with Crippen LogP contribution in [0.3, 0.4) is 0 Å². The standard InChI is InChI=1S/C13H19N5/c1-9(10-6-14-15-7-10)17-12-4-3-5-13-11(12)8-16-18(13)2/h6-9,12,17H,3-5H2,1-2H3,(H,14,15). The van der Waals surface area contributed by atoms with Crippen molar-refractivity contribution in [3.8, 4) is 0 Å². The zero-order chi connectivity index (χ0) is 12.5. The van der Waals surface area contributed by atoms with Crippen LogP contribution in [0.1, 0.15) is 48.7 Å². The Labute approximate surface area is 107 Å². The van der Waals surface area contributed by atoms with E-state index >= 15 is 0 Å². The first kappa shape index (κ1) is 11.5. The lowest BCUT2D eigenvalue weighted by Crippen LogP contribution is -2.27. The zero-order valence-corrected chi connectivity index (χ0v) is 10.8. The summed E-state index contributed by atoms with van der Waals surface area (Å²) < 4.78 is 2.01. The third-order valence-electron chi connectivity index (χ3n) is 3.85. The van der Waals surface area contributed by atoms with Gasteiger partial charge in [-0.05, 0) is 26.2 Å². The highest BCUT2D eigenvalue weighted by Gasteiger charge is 2.24. The van der Waals surface area contributed by atoms with Gasteiger partial charge in [-0.3, -0.25) is 9.78 Å². The van der Waals surface area contributed by atoms with Crippen molar-refractivity contribution in [1.29, 1.82) is 0 Å². The number of nitrogens with one attached hydrogen (secondary N) is 2. The number of aromatic nitrogens is 4. The molecule has 2 N–H and O–H groups in total. The van der Waals surface area contributed by atoms with Crippen LogP contribution in [0.4, 0.5) is 0 Å². The van der Waals surface area contributed by atoms with Gasteiger partial charge in [-0.25, -0.2) is 0 Å². The summed E-state index contributed by atoms with van der Waals surface area (Å²) in [6.07, 6.45) is 9.39. The summed E-state index contributed by atoms with van der Waals surface area (Å²) in [5, 5.41) is 14.9. The first-order valence-electron chi connectivity index (χ1n) is 6.51. The van der Waals surface area contributed by atoms with Gasteiger partial charge in [0, 0.05) is 42.1 Å². The minimum Gasteiger partial charge on any atom is -0.303 e. The first-order valence-corrected chi connectivity index (χ1v) is 6.51. The summed E-state index contributed by atoms with van der Waals surface area (Å²) in [5.41, 5.74) is 3.93. The van der Waals surface area contributed by atoms with Crippen LogP contribution in [-0.2, 0) is 13.5 Å². The molecule has 0 spiro atoms. The monoisotopic (exact) mass is 245 g/mol. The second kappa shape index (κ2) is 4.57. The van der Waals surface area contributed by atoms with Gasteiger partial charge in [0.25, 0.3) is 0 Å². The lowest BCUT2D eigenvalue weighted by atomic mass is 9.92. The Morgan fingerprint density at radius 2 is 2.39 bits per heavy atom. The predicted molar refractivity (Wildman–Crippen MR) is 69.0 cm³/mol. The minimum atomic E-state index is 0.305. The second-order valence-electron chi connectivity index (χ2n) is 5.04. The Bertz CT molecular complexity index is 513. The number of fused-ring (bicyclic) bond motifs is 1. The third kappa shape index (κ3) is 1.95. The van der Waals surface area contributed by atoms with Crippen LogP contribution in [0, 0.1) is 0 Å². The molecule has 1 aliphatic rings. The number of hydrogen-bond donors (Lipinski definition) is 2. The van der Waals surface area contributed by atoms with Crippen molar-refractivity contribution in [2.45, 2.75) is 38.3 Å². The van der Waals surface area contributed by atoms with Crippen LogP contribution in [0.25, 0.3) is 0 Å². The molecule has 0 saturated heterocycles. The van der Waals surface area contributed by atoms with Gasteiger partial charge in [0.05, 0.1) is 12.4 Å². The van der Waals surface area contributed by atoms with Gasteiger partial charge in [0.2, 0.25) is 0 Å². The Kier molecular flexibility index (Phi) is 2.91. The topological polar surface area (TPSA) is 58.5 Å². The average Bonchev–Trinajstić information content (AvgIpc) is 3.00. The summed E-state index contributed by atoms with van der Waals surface area (Å²) in [6, 6.07) is 0.715. The van der Waals surface area contributed by atoms with Gasteiger partial charge in [-0.1, -0.05) is 0 Å². The fourth-order valence-electron chi connectivity index (χ4n) is 2.77. The molecule has 0 amide bonds. The Morgan fingerprint density at radius 1 is 1.50 bits per heavy atom. The quantitative estimate of drug-likeness (QED) is 0.868. The van der Waals surface area contributed by atoms with Crippen molar-refractivity contribution in [2.24, 2.45) is 7.05 Å². The van der Waals surface area contributed by atoms with Crippen LogP contribution < -0.4 is 5.32 Å². The van der Waals surface area contributed by atoms with E-state index in [2.05, 4.69) is 27.5 Å². The molecule has 2 aromatic heterocycles. The fraction of sp³-hybridized carbons (Fsp3) is 0.538. The van der Waals surface area contributed by atoms with Crippen molar-refractivity contribution in [3.63, 3.8) is 0 Å². The fourth-order valence-corrected chi connectivity index (χ4v) is 2.77. The molecule has 0 aromatic carbocycles. The van der Waals surface area contributed by atoms with Gasteiger partial charge in [-0.15, -0.1) is 0 Å². The molecule has 2 unspecified atom stereocenters. The van der Waals surface area contributed by atoms with Crippen LogP contribution in [0.15, 0.2) is 18.6 Å². The number of H-pyrrole nitrogens is 1. The van der Waals surface area contributed by atoms with Gasteiger partial charge < -0.3 is 5.32 Å². The predicted octanol–water partition coefficient (Wildman–Crippen LogP) is 1.87. The van der Waals surface area contributed by atoms with E-state index in [-0.39, 0.29) is 0 Å².